The van der Waals surface area contributed by atoms with Crippen LogP contribution in [0.25, 0.3) is 5.73 Å². The third-order valence-corrected chi connectivity index (χ3v) is 4.32. The molecule has 0 saturated carbocycles. The van der Waals surface area contributed by atoms with Gasteiger partial charge in [0, 0.05) is 25.1 Å². The summed E-state index contributed by atoms with van der Waals surface area (Å²) in [6.07, 6.45) is 4.15. The first kappa shape index (κ1) is 22.2. The van der Waals surface area contributed by atoms with E-state index in [9.17, 15) is 4.79 Å². The lowest BCUT2D eigenvalue weighted by molar-refractivity contribution is -0.759. The number of nitrogens with zero attached hydrogens (tertiary/aromatic N) is 4. The lowest BCUT2D eigenvalue weighted by Crippen LogP contribution is -2.65. The molecule has 26 heavy (non-hydrogen) atoms. The molecule has 1 saturated heterocycles. The van der Waals surface area contributed by atoms with Crippen LogP contribution in [0.2, 0.25) is 0 Å². The number of rotatable bonds is 7. The predicted octanol–water partition coefficient (Wildman–Crippen LogP) is 2.80. The molecule has 1 aromatic heterocycles. The van der Waals surface area contributed by atoms with E-state index in [0.29, 0.717) is 6.42 Å². The van der Waals surface area contributed by atoms with Gasteiger partial charge in [0.25, 0.3) is 6.20 Å². The number of hydrogen-bond acceptors (Lipinski definition) is 5. The summed E-state index contributed by atoms with van der Waals surface area (Å²) >= 11 is 0. The fraction of sp³-hybridized carbons (Fsp3) is 0.471. The Morgan fingerprint density at radius 1 is 1.12 bits per heavy atom. The molecule has 2 aromatic rings. The first-order chi connectivity index (χ1) is 11.7. The molecule has 0 unspecified atom stereocenters. The van der Waals surface area contributed by atoms with Crippen molar-refractivity contribution < 1.29 is 14.1 Å². The largest absolute Gasteiger partial charge is 0.660 e. The molecule has 2 heterocycles. The lowest BCUT2D eigenvalue weighted by Gasteiger charge is -2.29. The average molecular weight is 402 g/mol. The summed E-state index contributed by atoms with van der Waals surface area (Å²) < 4.78 is 4.78. The van der Waals surface area contributed by atoms with E-state index in [1.807, 2.05) is 30.3 Å². The number of ketones is 1. The molecule has 1 aromatic carbocycles. The van der Waals surface area contributed by atoms with Crippen LogP contribution in [0.4, 0.5) is 5.88 Å². The number of aromatic nitrogens is 2. The van der Waals surface area contributed by atoms with Crippen molar-refractivity contribution in [1.82, 2.24) is 10.2 Å². The molecule has 9 heteroatoms. The van der Waals surface area contributed by atoms with Gasteiger partial charge < -0.3 is 10.3 Å². The van der Waals surface area contributed by atoms with Crippen LogP contribution in [0.1, 0.15) is 29.6 Å². The van der Waals surface area contributed by atoms with Crippen LogP contribution in [-0.4, -0.2) is 48.7 Å². The van der Waals surface area contributed by atoms with Crippen molar-refractivity contribution in [3.05, 3.63) is 47.8 Å². The fourth-order valence-corrected chi connectivity index (χ4v) is 2.93. The van der Waals surface area contributed by atoms with Crippen LogP contribution < -0.4 is 9.80 Å². The highest BCUT2D eigenvalue weighted by Crippen LogP contribution is 2.08. The second-order valence-electron chi connectivity index (χ2n) is 6.03. The van der Waals surface area contributed by atoms with E-state index in [0.717, 1.165) is 51.1 Å². The summed E-state index contributed by atoms with van der Waals surface area (Å²) in [6, 6.07) is 9.50. The number of halogens is 2. The zero-order chi connectivity index (χ0) is 16.8. The molecule has 3 rings (SSSR count). The van der Waals surface area contributed by atoms with E-state index in [4.69, 9.17) is 10.3 Å². The summed E-state index contributed by atoms with van der Waals surface area (Å²) in [6.45, 7) is 4.65. The SMILES string of the molecule is Cl.Cl.[NH-]c1c[n+](N2CCN(CCCCC(=O)c3ccccc3)CC2)no1. The fourth-order valence-electron chi connectivity index (χ4n) is 2.93. The number of benzene rings is 1. The van der Waals surface area contributed by atoms with Crippen molar-refractivity contribution in [2.45, 2.75) is 19.3 Å². The van der Waals surface area contributed by atoms with Crippen molar-refractivity contribution in [3.8, 4) is 0 Å². The standard InChI is InChI=1S/C17H23N5O2.2ClH/c18-17-14-22(19-24-17)21-12-10-20(11-13-21)9-5-4-8-16(23)15-6-2-1-3-7-15;;/h1-3,6-7,14H,4-5,8-13H2,(H-,18,19);2*1H. The van der Waals surface area contributed by atoms with Crippen LogP contribution in [0, 0.1) is 0 Å². The third kappa shape index (κ3) is 6.16. The van der Waals surface area contributed by atoms with E-state index < -0.39 is 0 Å². The molecule has 7 nitrogen and oxygen atoms in total. The van der Waals surface area contributed by atoms with Gasteiger partial charge in [-0.3, -0.25) is 9.69 Å². The van der Waals surface area contributed by atoms with Crippen molar-refractivity contribution in [2.24, 2.45) is 0 Å². The van der Waals surface area contributed by atoms with Gasteiger partial charge in [-0.15, -0.1) is 24.8 Å². The van der Waals surface area contributed by atoms with Gasteiger partial charge in [-0.05, 0) is 19.4 Å². The van der Waals surface area contributed by atoms with Gasteiger partial charge in [0.15, 0.2) is 5.78 Å². The number of piperazine rings is 1. The molecule has 1 fully saturated rings. The van der Waals surface area contributed by atoms with Crippen molar-refractivity contribution >= 4 is 36.5 Å². The Hall–Kier alpha value is -1.83. The highest BCUT2D eigenvalue weighted by Gasteiger charge is 2.24. The Labute approximate surface area is 165 Å². The van der Waals surface area contributed by atoms with Gasteiger partial charge in [-0.2, -0.15) is 5.01 Å². The molecule has 0 spiro atoms. The Balaban J connectivity index is 0.00000169. The van der Waals surface area contributed by atoms with Crippen LogP contribution in [-0.2, 0) is 0 Å². The van der Waals surface area contributed by atoms with E-state index in [-0.39, 0.29) is 36.5 Å². The van der Waals surface area contributed by atoms with Crippen LogP contribution in [0.15, 0.2) is 41.1 Å². The minimum Gasteiger partial charge on any atom is -0.660 e. The predicted molar refractivity (Wildman–Crippen MR) is 104 cm³/mol. The van der Waals surface area contributed by atoms with Gasteiger partial charge in [-0.25, -0.2) is 0 Å². The van der Waals surface area contributed by atoms with Crippen molar-refractivity contribution in [3.63, 3.8) is 0 Å². The highest BCUT2D eigenvalue weighted by molar-refractivity contribution is 5.95. The second kappa shape index (κ2) is 11.0. The number of hydrogen-bond donors (Lipinski definition) is 0. The van der Waals surface area contributed by atoms with Crippen molar-refractivity contribution in [1.29, 1.82) is 0 Å². The minimum atomic E-state index is 0. The summed E-state index contributed by atoms with van der Waals surface area (Å²) in [5, 5.41) is 5.88. The number of nitrogens with one attached hydrogen (secondary N) is 1. The van der Waals surface area contributed by atoms with E-state index in [1.54, 1.807) is 11.0 Å². The Bertz CT molecular complexity index is 660. The van der Waals surface area contributed by atoms with Gasteiger partial charge in [-0.1, -0.05) is 30.3 Å². The van der Waals surface area contributed by atoms with E-state index >= 15 is 0 Å². The molecule has 1 aliphatic rings. The third-order valence-electron chi connectivity index (χ3n) is 4.32. The van der Waals surface area contributed by atoms with Crippen LogP contribution in [0.3, 0.4) is 0 Å². The first-order valence-electron chi connectivity index (χ1n) is 8.38. The molecule has 0 bridgehead atoms. The van der Waals surface area contributed by atoms with E-state index in [1.165, 1.54) is 0 Å². The highest BCUT2D eigenvalue weighted by atomic mass is 35.5. The topological polar surface area (TPSA) is 77.3 Å². The lowest BCUT2D eigenvalue weighted by atomic mass is 10.1. The summed E-state index contributed by atoms with van der Waals surface area (Å²) in [7, 11) is 0. The summed E-state index contributed by atoms with van der Waals surface area (Å²) in [5.74, 6) is 0.301. The molecule has 0 aliphatic carbocycles. The van der Waals surface area contributed by atoms with Gasteiger partial charge >= 0.3 is 0 Å². The van der Waals surface area contributed by atoms with Crippen molar-refractivity contribution in [2.75, 3.05) is 37.7 Å². The maximum absolute atomic E-state index is 12.0. The summed E-state index contributed by atoms with van der Waals surface area (Å²) in [5.41, 5.74) is 8.18. The average Bonchev–Trinajstić information content (AvgIpc) is 3.06. The number of carbonyl (C=O) groups excluding carboxylic acids is 1. The van der Waals surface area contributed by atoms with Crippen LogP contribution >= 0.6 is 24.8 Å². The summed E-state index contributed by atoms with van der Waals surface area (Å²) in [4.78, 5) is 16.1. The molecule has 0 atom stereocenters. The maximum atomic E-state index is 12.0. The molecule has 144 valence electrons. The van der Waals surface area contributed by atoms with E-state index in [2.05, 4.69) is 15.2 Å². The number of Topliss-reactive ketones (excluding diaryl/α,β-unsaturated/α-hetero) is 1. The molecule has 1 N–H and O–H groups in total. The zero-order valence-electron chi connectivity index (χ0n) is 14.5. The molecular weight excluding hydrogens is 377 g/mol. The smallest absolute Gasteiger partial charge is 0.256 e. The van der Waals surface area contributed by atoms with Gasteiger partial charge in [0.1, 0.15) is 5.88 Å². The number of carbonyl (C=O) groups is 1. The van der Waals surface area contributed by atoms with Gasteiger partial charge in [0.05, 0.1) is 17.9 Å². The molecule has 0 radical (unpaired) electrons. The minimum absolute atomic E-state index is 0. The van der Waals surface area contributed by atoms with Gasteiger partial charge in [0.2, 0.25) is 5.27 Å². The Kier molecular flexibility index (Phi) is 9.40. The Morgan fingerprint density at radius 2 is 1.81 bits per heavy atom. The Morgan fingerprint density at radius 3 is 2.42 bits per heavy atom. The normalized spacial score (nSPS) is 14.4. The number of unbranched alkanes of at least 4 members (excludes halogenated alkanes) is 1. The molecular formula is C17H25Cl2N5O2. The molecule has 1 aliphatic heterocycles. The monoisotopic (exact) mass is 401 g/mol. The zero-order valence-corrected chi connectivity index (χ0v) is 16.2. The first-order valence-corrected chi connectivity index (χ1v) is 8.38. The second-order valence-corrected chi connectivity index (χ2v) is 6.03. The van der Waals surface area contributed by atoms with Crippen LogP contribution in [0.5, 0.6) is 0 Å². The molecule has 0 amide bonds. The quantitative estimate of drug-likeness (QED) is 0.404. The maximum Gasteiger partial charge on any atom is 0.256 e.